The van der Waals surface area contributed by atoms with Crippen LogP contribution in [0.1, 0.15) is 50.9 Å². The lowest BCUT2D eigenvalue weighted by Gasteiger charge is -2.34. The summed E-state index contributed by atoms with van der Waals surface area (Å²) in [6, 6.07) is 10.4. The number of piperazine rings is 1. The van der Waals surface area contributed by atoms with Crippen LogP contribution in [0.3, 0.4) is 0 Å². The first-order valence-electron chi connectivity index (χ1n) is 11.3. The van der Waals surface area contributed by atoms with Gasteiger partial charge in [-0.05, 0) is 18.4 Å². The van der Waals surface area contributed by atoms with Gasteiger partial charge in [0, 0.05) is 63.1 Å². The van der Waals surface area contributed by atoms with E-state index in [2.05, 4.69) is 57.6 Å². The zero-order chi connectivity index (χ0) is 21.2. The molecule has 0 bridgehead atoms. The van der Waals surface area contributed by atoms with E-state index in [-0.39, 0.29) is 11.8 Å². The summed E-state index contributed by atoms with van der Waals surface area (Å²) in [5, 5.41) is 4.17. The van der Waals surface area contributed by atoms with Crippen molar-refractivity contribution in [2.45, 2.75) is 46.0 Å². The number of nitrogens with one attached hydrogen (secondary N) is 1. The molecule has 0 spiro atoms. The van der Waals surface area contributed by atoms with Crippen molar-refractivity contribution in [3.05, 3.63) is 41.7 Å². The SMILES string of the molecule is CCCC[C@H](CC)C(=O)NCCN1CCN(c2nc(Cc3ccccc3)ns2)CC1. The number of nitrogens with zero attached hydrogens (tertiary/aromatic N) is 4. The molecule has 6 nitrogen and oxygen atoms in total. The van der Waals surface area contributed by atoms with Crippen LogP contribution in [0, 0.1) is 5.92 Å². The van der Waals surface area contributed by atoms with Gasteiger partial charge in [0.1, 0.15) is 5.82 Å². The molecule has 7 heteroatoms. The lowest BCUT2D eigenvalue weighted by Crippen LogP contribution is -2.48. The Kier molecular flexibility index (Phi) is 9.08. The minimum Gasteiger partial charge on any atom is -0.355 e. The molecule has 164 valence electrons. The standard InChI is InChI=1S/C23H35N5OS/c1-3-5-11-20(4-2)22(29)24-12-13-27-14-16-28(17-15-27)23-25-21(26-30-23)18-19-9-7-6-8-10-19/h6-10,20H,3-5,11-18H2,1-2H3,(H,24,29)/t20-/m0/s1. The molecule has 0 saturated carbocycles. The number of hydrogen-bond donors (Lipinski definition) is 1. The molecule has 0 aliphatic carbocycles. The molecule has 3 rings (SSSR count). The Morgan fingerprint density at radius 3 is 2.63 bits per heavy atom. The summed E-state index contributed by atoms with van der Waals surface area (Å²) in [7, 11) is 0. The largest absolute Gasteiger partial charge is 0.355 e. The van der Waals surface area contributed by atoms with Crippen LogP contribution in [-0.2, 0) is 11.2 Å². The Morgan fingerprint density at radius 1 is 1.17 bits per heavy atom. The van der Waals surface area contributed by atoms with Gasteiger partial charge in [-0.15, -0.1) is 0 Å². The van der Waals surface area contributed by atoms with Gasteiger partial charge in [-0.1, -0.05) is 57.0 Å². The van der Waals surface area contributed by atoms with E-state index in [9.17, 15) is 4.79 Å². The smallest absolute Gasteiger partial charge is 0.223 e. The number of carbonyl (C=O) groups excluding carboxylic acids is 1. The molecule has 30 heavy (non-hydrogen) atoms. The fraction of sp³-hybridized carbons (Fsp3) is 0.609. The second kappa shape index (κ2) is 12.0. The minimum absolute atomic E-state index is 0.171. The molecular weight excluding hydrogens is 394 g/mol. The van der Waals surface area contributed by atoms with Crippen LogP contribution in [-0.4, -0.2) is 59.4 Å². The van der Waals surface area contributed by atoms with Crippen molar-refractivity contribution in [3.8, 4) is 0 Å². The van der Waals surface area contributed by atoms with Gasteiger partial charge in [0.2, 0.25) is 11.0 Å². The molecule has 1 N–H and O–H groups in total. The first kappa shape index (κ1) is 22.7. The summed E-state index contributed by atoms with van der Waals surface area (Å²) in [5.74, 6) is 1.30. The second-order valence-corrected chi connectivity index (χ2v) is 8.75. The van der Waals surface area contributed by atoms with Crippen molar-refractivity contribution in [3.63, 3.8) is 0 Å². The number of benzene rings is 1. The van der Waals surface area contributed by atoms with Crippen LogP contribution in [0.25, 0.3) is 0 Å². The molecule has 1 aliphatic heterocycles. The third-order valence-electron chi connectivity index (χ3n) is 5.80. The van der Waals surface area contributed by atoms with E-state index >= 15 is 0 Å². The van der Waals surface area contributed by atoms with Gasteiger partial charge in [0.05, 0.1) is 0 Å². The van der Waals surface area contributed by atoms with Crippen LogP contribution >= 0.6 is 11.5 Å². The number of hydrogen-bond acceptors (Lipinski definition) is 6. The molecule has 1 atom stereocenters. The lowest BCUT2D eigenvalue weighted by atomic mass is 9.98. The highest BCUT2D eigenvalue weighted by Crippen LogP contribution is 2.20. The van der Waals surface area contributed by atoms with Gasteiger partial charge in [-0.25, -0.2) is 4.98 Å². The number of aromatic nitrogens is 2. The first-order valence-corrected chi connectivity index (χ1v) is 12.1. The number of unbranched alkanes of at least 4 members (excludes halogenated alkanes) is 1. The second-order valence-electron chi connectivity index (χ2n) is 8.02. The molecule has 0 unspecified atom stereocenters. The van der Waals surface area contributed by atoms with Crippen LogP contribution in [0.5, 0.6) is 0 Å². The number of rotatable bonds is 11. The van der Waals surface area contributed by atoms with E-state index < -0.39 is 0 Å². The number of carbonyl (C=O) groups is 1. The van der Waals surface area contributed by atoms with Crippen molar-refractivity contribution in [2.24, 2.45) is 5.92 Å². The molecule has 2 heterocycles. The molecule has 1 fully saturated rings. The van der Waals surface area contributed by atoms with Crippen molar-refractivity contribution in [2.75, 3.05) is 44.2 Å². The minimum atomic E-state index is 0.171. The maximum Gasteiger partial charge on any atom is 0.223 e. The van der Waals surface area contributed by atoms with E-state index in [4.69, 9.17) is 4.98 Å². The fourth-order valence-electron chi connectivity index (χ4n) is 3.84. The number of anilines is 1. The van der Waals surface area contributed by atoms with Crippen molar-refractivity contribution >= 4 is 22.6 Å². The highest BCUT2D eigenvalue weighted by Gasteiger charge is 2.21. The Labute approximate surface area is 184 Å². The molecule has 0 radical (unpaired) electrons. The summed E-state index contributed by atoms with van der Waals surface area (Å²) >= 11 is 1.50. The highest BCUT2D eigenvalue weighted by molar-refractivity contribution is 7.09. The summed E-state index contributed by atoms with van der Waals surface area (Å²) in [5.41, 5.74) is 1.24. The van der Waals surface area contributed by atoms with Gasteiger partial charge < -0.3 is 10.2 Å². The average Bonchev–Trinajstić information content (AvgIpc) is 3.24. The predicted molar refractivity (Wildman–Crippen MR) is 124 cm³/mol. The van der Waals surface area contributed by atoms with Gasteiger partial charge in [0.25, 0.3) is 0 Å². The zero-order valence-electron chi connectivity index (χ0n) is 18.3. The Balaban J connectivity index is 1.37. The number of amides is 1. The Bertz CT molecular complexity index is 758. The van der Waals surface area contributed by atoms with Crippen LogP contribution in [0.15, 0.2) is 30.3 Å². The van der Waals surface area contributed by atoms with Gasteiger partial charge in [0.15, 0.2) is 0 Å². The van der Waals surface area contributed by atoms with Crippen molar-refractivity contribution < 1.29 is 4.79 Å². The maximum atomic E-state index is 12.3. The first-order chi connectivity index (χ1) is 14.7. The molecule has 1 aromatic heterocycles. The normalized spacial score (nSPS) is 15.9. The van der Waals surface area contributed by atoms with Crippen LogP contribution < -0.4 is 10.2 Å². The highest BCUT2D eigenvalue weighted by atomic mass is 32.1. The van der Waals surface area contributed by atoms with Crippen molar-refractivity contribution in [1.82, 2.24) is 19.6 Å². The summed E-state index contributed by atoms with van der Waals surface area (Å²) < 4.78 is 4.55. The predicted octanol–water partition coefficient (Wildman–Crippen LogP) is 3.58. The molecule has 1 saturated heterocycles. The molecule has 1 amide bonds. The van der Waals surface area contributed by atoms with Crippen LogP contribution in [0.2, 0.25) is 0 Å². The average molecular weight is 430 g/mol. The van der Waals surface area contributed by atoms with E-state index in [1.54, 1.807) is 0 Å². The van der Waals surface area contributed by atoms with Gasteiger partial charge in [-0.2, -0.15) is 4.37 Å². The summed E-state index contributed by atoms with van der Waals surface area (Å²) in [4.78, 5) is 21.8. The van der Waals surface area contributed by atoms with E-state index in [0.717, 1.165) is 82.3 Å². The quantitative estimate of drug-likeness (QED) is 0.592. The topological polar surface area (TPSA) is 61.4 Å². The van der Waals surface area contributed by atoms with Crippen LogP contribution in [0.4, 0.5) is 5.13 Å². The summed E-state index contributed by atoms with van der Waals surface area (Å²) in [6.07, 6.45) is 5.00. The summed E-state index contributed by atoms with van der Waals surface area (Å²) in [6.45, 7) is 9.85. The fourth-order valence-corrected chi connectivity index (χ4v) is 4.58. The third kappa shape index (κ3) is 6.77. The van der Waals surface area contributed by atoms with Gasteiger partial charge in [-0.3, -0.25) is 9.69 Å². The molecule has 1 aliphatic rings. The Morgan fingerprint density at radius 2 is 1.93 bits per heavy atom. The Hall–Kier alpha value is -1.99. The molecule has 2 aromatic rings. The maximum absolute atomic E-state index is 12.3. The molecular formula is C23H35N5OS. The lowest BCUT2D eigenvalue weighted by molar-refractivity contribution is -0.125. The van der Waals surface area contributed by atoms with Crippen molar-refractivity contribution in [1.29, 1.82) is 0 Å². The van der Waals surface area contributed by atoms with E-state index in [0.29, 0.717) is 0 Å². The zero-order valence-corrected chi connectivity index (χ0v) is 19.2. The van der Waals surface area contributed by atoms with Gasteiger partial charge >= 0.3 is 0 Å². The van der Waals surface area contributed by atoms with E-state index in [1.807, 2.05) is 6.07 Å². The van der Waals surface area contributed by atoms with E-state index in [1.165, 1.54) is 17.1 Å². The third-order valence-corrected chi connectivity index (χ3v) is 6.62. The molecule has 1 aromatic carbocycles. The monoisotopic (exact) mass is 429 g/mol.